The molecule has 2 aromatic heterocycles. The lowest BCUT2D eigenvalue weighted by Crippen LogP contribution is -2.39. The number of aliphatic imine (C=N–C) groups is 1. The van der Waals surface area contributed by atoms with E-state index in [1.54, 1.807) is 7.05 Å². The molecule has 0 fully saturated rings. The van der Waals surface area contributed by atoms with E-state index in [1.807, 2.05) is 28.8 Å². The van der Waals surface area contributed by atoms with Crippen molar-refractivity contribution in [2.75, 3.05) is 13.6 Å². The van der Waals surface area contributed by atoms with Crippen molar-refractivity contribution in [3.8, 4) is 0 Å². The molecule has 6 heteroatoms. The smallest absolute Gasteiger partial charge is 0.191 e. The molecule has 0 radical (unpaired) electrons. The first-order valence-electron chi connectivity index (χ1n) is 7.51. The Morgan fingerprint density at radius 2 is 2.05 bits per heavy atom. The molecule has 2 N–H and O–H groups in total. The third-order valence-corrected chi connectivity index (χ3v) is 3.73. The van der Waals surface area contributed by atoms with Gasteiger partial charge in [-0.25, -0.2) is 0 Å². The largest absolute Gasteiger partial charge is 0.356 e. The minimum absolute atomic E-state index is 0.591. The fraction of sp³-hybridized carbons (Fsp3) is 0.533. The number of nitrogens with one attached hydrogen (secondary N) is 2. The normalized spacial score (nSPS) is 12.1. The SMILES string of the molecule is CCC(CC)CNC(=NC)NCc1nnc2ccccn12. The zero-order valence-electron chi connectivity index (χ0n) is 13.0. The summed E-state index contributed by atoms with van der Waals surface area (Å²) in [6, 6.07) is 5.87. The number of pyridine rings is 1. The lowest BCUT2D eigenvalue weighted by atomic mass is 10.0. The highest BCUT2D eigenvalue weighted by atomic mass is 15.3. The molecule has 0 aliphatic carbocycles. The highest BCUT2D eigenvalue weighted by molar-refractivity contribution is 5.79. The minimum Gasteiger partial charge on any atom is -0.356 e. The monoisotopic (exact) mass is 288 g/mol. The summed E-state index contributed by atoms with van der Waals surface area (Å²) < 4.78 is 1.97. The van der Waals surface area contributed by atoms with Crippen LogP contribution in [0.1, 0.15) is 32.5 Å². The van der Waals surface area contributed by atoms with E-state index >= 15 is 0 Å². The van der Waals surface area contributed by atoms with Crippen LogP contribution in [-0.2, 0) is 6.54 Å². The van der Waals surface area contributed by atoms with Crippen molar-refractivity contribution in [1.82, 2.24) is 25.2 Å². The van der Waals surface area contributed by atoms with Crippen molar-refractivity contribution in [3.05, 3.63) is 30.2 Å². The van der Waals surface area contributed by atoms with Crippen molar-refractivity contribution in [1.29, 1.82) is 0 Å². The summed E-state index contributed by atoms with van der Waals surface area (Å²) in [6.07, 6.45) is 4.32. The third-order valence-electron chi connectivity index (χ3n) is 3.73. The molecule has 0 aromatic carbocycles. The van der Waals surface area contributed by atoms with Gasteiger partial charge in [0, 0.05) is 19.8 Å². The van der Waals surface area contributed by atoms with Crippen LogP contribution in [0.15, 0.2) is 29.4 Å². The summed E-state index contributed by atoms with van der Waals surface area (Å²) in [4.78, 5) is 4.25. The predicted molar refractivity (Wildman–Crippen MR) is 85.3 cm³/mol. The number of nitrogens with zero attached hydrogens (tertiary/aromatic N) is 4. The highest BCUT2D eigenvalue weighted by Crippen LogP contribution is 2.05. The fourth-order valence-corrected chi connectivity index (χ4v) is 2.21. The van der Waals surface area contributed by atoms with Crippen LogP contribution in [0.4, 0.5) is 0 Å². The molecule has 0 spiro atoms. The predicted octanol–water partition coefficient (Wildman–Crippen LogP) is 1.83. The quantitative estimate of drug-likeness (QED) is 0.628. The topological polar surface area (TPSA) is 66.6 Å². The van der Waals surface area contributed by atoms with Crippen LogP contribution in [0.5, 0.6) is 0 Å². The Kier molecular flexibility index (Phi) is 5.54. The molecule has 2 heterocycles. The first-order valence-corrected chi connectivity index (χ1v) is 7.51. The third kappa shape index (κ3) is 3.93. The molecule has 0 unspecified atom stereocenters. The molecule has 114 valence electrons. The standard InChI is InChI=1S/C15H24N6/c1-4-12(5-2)10-17-15(16-3)18-11-14-20-19-13-8-6-7-9-21(13)14/h6-9,12H,4-5,10-11H2,1-3H3,(H2,16,17,18). The van der Waals surface area contributed by atoms with Crippen molar-refractivity contribution < 1.29 is 0 Å². The molecule has 0 atom stereocenters. The van der Waals surface area contributed by atoms with Gasteiger partial charge >= 0.3 is 0 Å². The average Bonchev–Trinajstić information content (AvgIpc) is 2.94. The highest BCUT2D eigenvalue weighted by Gasteiger charge is 2.07. The van der Waals surface area contributed by atoms with Crippen LogP contribution in [0.2, 0.25) is 0 Å². The van der Waals surface area contributed by atoms with E-state index in [0.29, 0.717) is 12.5 Å². The number of guanidine groups is 1. The second kappa shape index (κ2) is 7.61. The van der Waals surface area contributed by atoms with Gasteiger partial charge in [-0.3, -0.25) is 9.39 Å². The molecule has 6 nitrogen and oxygen atoms in total. The van der Waals surface area contributed by atoms with Gasteiger partial charge in [0.05, 0.1) is 6.54 Å². The lowest BCUT2D eigenvalue weighted by Gasteiger charge is -2.16. The molecular formula is C15H24N6. The Hall–Kier alpha value is -2.11. The van der Waals surface area contributed by atoms with Gasteiger partial charge < -0.3 is 10.6 Å². The van der Waals surface area contributed by atoms with Gasteiger partial charge in [0.2, 0.25) is 0 Å². The van der Waals surface area contributed by atoms with Gasteiger partial charge in [-0.2, -0.15) is 0 Å². The zero-order chi connectivity index (χ0) is 15.1. The fourth-order valence-electron chi connectivity index (χ4n) is 2.21. The van der Waals surface area contributed by atoms with Crippen LogP contribution in [0.3, 0.4) is 0 Å². The van der Waals surface area contributed by atoms with E-state index in [2.05, 4.69) is 39.7 Å². The van der Waals surface area contributed by atoms with E-state index in [1.165, 1.54) is 12.8 Å². The summed E-state index contributed by atoms with van der Waals surface area (Å²) >= 11 is 0. The molecule has 21 heavy (non-hydrogen) atoms. The Balaban J connectivity index is 1.91. The molecular weight excluding hydrogens is 264 g/mol. The molecule has 0 saturated heterocycles. The van der Waals surface area contributed by atoms with Gasteiger partial charge in [-0.1, -0.05) is 32.8 Å². The van der Waals surface area contributed by atoms with Crippen LogP contribution in [-0.4, -0.2) is 34.2 Å². The second-order valence-electron chi connectivity index (χ2n) is 5.03. The molecule has 0 saturated carbocycles. The summed E-state index contributed by atoms with van der Waals surface area (Å²) in [5.41, 5.74) is 0.856. The molecule has 0 aliphatic rings. The van der Waals surface area contributed by atoms with Crippen LogP contribution in [0, 0.1) is 5.92 Å². The summed E-state index contributed by atoms with van der Waals surface area (Å²) in [5.74, 6) is 2.35. The maximum atomic E-state index is 4.25. The van der Waals surface area contributed by atoms with Crippen molar-refractivity contribution >= 4 is 11.6 Å². The first-order chi connectivity index (χ1) is 10.3. The molecule has 0 aliphatic heterocycles. The van der Waals surface area contributed by atoms with E-state index < -0.39 is 0 Å². The molecule has 2 rings (SSSR count). The van der Waals surface area contributed by atoms with Crippen LogP contribution in [0.25, 0.3) is 5.65 Å². The number of hydrogen-bond acceptors (Lipinski definition) is 3. The summed E-state index contributed by atoms with van der Waals surface area (Å²) in [5, 5.41) is 15.0. The minimum atomic E-state index is 0.591. The van der Waals surface area contributed by atoms with Crippen molar-refractivity contribution in [2.45, 2.75) is 33.2 Å². The van der Waals surface area contributed by atoms with Crippen LogP contribution >= 0.6 is 0 Å². The number of hydrogen-bond donors (Lipinski definition) is 2. The van der Waals surface area contributed by atoms with Gasteiger partial charge in [0.1, 0.15) is 0 Å². The first kappa shape index (κ1) is 15.3. The Bertz CT molecular complexity index is 585. The Morgan fingerprint density at radius 3 is 2.76 bits per heavy atom. The number of aromatic nitrogens is 3. The maximum absolute atomic E-state index is 4.25. The average molecular weight is 288 g/mol. The lowest BCUT2D eigenvalue weighted by molar-refractivity contribution is 0.481. The zero-order valence-corrected chi connectivity index (χ0v) is 13.0. The second-order valence-corrected chi connectivity index (χ2v) is 5.03. The van der Waals surface area contributed by atoms with E-state index in [9.17, 15) is 0 Å². The van der Waals surface area contributed by atoms with Gasteiger partial charge in [-0.15, -0.1) is 10.2 Å². The molecule has 0 amide bonds. The number of rotatable bonds is 6. The number of fused-ring (bicyclic) bond motifs is 1. The maximum Gasteiger partial charge on any atom is 0.191 e. The molecule has 0 bridgehead atoms. The molecule has 2 aromatic rings. The van der Waals surface area contributed by atoms with E-state index in [-0.39, 0.29) is 0 Å². The van der Waals surface area contributed by atoms with Gasteiger partial charge in [0.25, 0.3) is 0 Å². The summed E-state index contributed by atoms with van der Waals surface area (Å²) in [7, 11) is 1.78. The van der Waals surface area contributed by atoms with E-state index in [4.69, 9.17) is 0 Å². The van der Waals surface area contributed by atoms with Crippen molar-refractivity contribution in [2.24, 2.45) is 10.9 Å². The van der Waals surface area contributed by atoms with Gasteiger partial charge in [-0.05, 0) is 18.1 Å². The van der Waals surface area contributed by atoms with Gasteiger partial charge in [0.15, 0.2) is 17.4 Å². The van der Waals surface area contributed by atoms with Crippen LogP contribution < -0.4 is 10.6 Å². The Morgan fingerprint density at radius 1 is 1.24 bits per heavy atom. The van der Waals surface area contributed by atoms with E-state index in [0.717, 1.165) is 24.0 Å². The Labute approximate surface area is 125 Å². The van der Waals surface area contributed by atoms with Crippen molar-refractivity contribution in [3.63, 3.8) is 0 Å². The summed E-state index contributed by atoms with van der Waals surface area (Å²) in [6.45, 7) is 5.96.